The van der Waals surface area contributed by atoms with E-state index in [-0.39, 0.29) is 10.6 Å². The summed E-state index contributed by atoms with van der Waals surface area (Å²) in [5, 5.41) is 17.6. The predicted octanol–water partition coefficient (Wildman–Crippen LogP) is 3.37. The Hall–Kier alpha value is -2.11. The number of nitro benzene ring substituents is 1. The van der Waals surface area contributed by atoms with Crippen LogP contribution in [0.4, 0.5) is 5.69 Å². The second-order valence-electron chi connectivity index (χ2n) is 6.37. The summed E-state index contributed by atoms with van der Waals surface area (Å²) in [5.41, 5.74) is 1.07. The maximum Gasteiger partial charge on any atom is 0.269 e. The monoisotopic (exact) mass is 318 g/mol. The molecule has 1 aromatic carbocycles. The summed E-state index contributed by atoms with van der Waals surface area (Å²) in [6.45, 7) is 4.68. The Balaban J connectivity index is 1.99. The molecule has 0 saturated heterocycles. The van der Waals surface area contributed by atoms with E-state index >= 15 is 0 Å². The lowest BCUT2D eigenvalue weighted by atomic mass is 9.96. The third-order valence-electron chi connectivity index (χ3n) is 3.94. The lowest BCUT2D eigenvalue weighted by Gasteiger charge is -2.26. The zero-order valence-corrected chi connectivity index (χ0v) is 13.9. The largest absolute Gasteiger partial charge is 0.354 e. The molecule has 0 amide bonds. The maximum absolute atomic E-state index is 10.7. The van der Waals surface area contributed by atoms with Crippen LogP contribution in [0.25, 0.3) is 0 Å². The molecule has 2 N–H and O–H groups in total. The number of benzene rings is 1. The fourth-order valence-corrected chi connectivity index (χ4v) is 2.74. The molecule has 126 valence electrons. The second kappa shape index (κ2) is 8.50. The van der Waals surface area contributed by atoms with Crippen molar-refractivity contribution in [1.82, 2.24) is 10.6 Å². The van der Waals surface area contributed by atoms with Crippen molar-refractivity contribution >= 4 is 11.6 Å². The third-order valence-corrected chi connectivity index (χ3v) is 3.94. The van der Waals surface area contributed by atoms with Gasteiger partial charge in [0.2, 0.25) is 0 Å². The molecule has 6 nitrogen and oxygen atoms in total. The van der Waals surface area contributed by atoms with Crippen LogP contribution in [-0.2, 0) is 6.54 Å². The van der Waals surface area contributed by atoms with E-state index in [0.29, 0.717) is 18.6 Å². The average molecular weight is 318 g/mol. The van der Waals surface area contributed by atoms with Crippen LogP contribution in [0.5, 0.6) is 0 Å². The Bertz CT molecular complexity index is 534. The van der Waals surface area contributed by atoms with Crippen LogP contribution in [0.1, 0.15) is 51.5 Å². The van der Waals surface area contributed by atoms with Crippen molar-refractivity contribution < 1.29 is 4.92 Å². The molecular formula is C17H26N4O2. The molecule has 0 atom stereocenters. The van der Waals surface area contributed by atoms with Gasteiger partial charge in [-0.1, -0.05) is 31.4 Å². The number of nitro groups is 1. The van der Waals surface area contributed by atoms with Crippen molar-refractivity contribution in [3.05, 3.63) is 39.9 Å². The number of nitrogens with one attached hydrogen (secondary N) is 2. The van der Waals surface area contributed by atoms with Crippen molar-refractivity contribution in [3.63, 3.8) is 0 Å². The van der Waals surface area contributed by atoms with E-state index in [1.807, 2.05) is 0 Å². The van der Waals surface area contributed by atoms with Crippen molar-refractivity contribution in [2.24, 2.45) is 4.99 Å². The minimum atomic E-state index is -0.385. The second-order valence-corrected chi connectivity index (χ2v) is 6.37. The van der Waals surface area contributed by atoms with E-state index < -0.39 is 0 Å². The Morgan fingerprint density at radius 3 is 2.48 bits per heavy atom. The summed E-state index contributed by atoms with van der Waals surface area (Å²) < 4.78 is 0. The fraction of sp³-hybridized carbons (Fsp3) is 0.588. The zero-order valence-electron chi connectivity index (χ0n) is 13.9. The van der Waals surface area contributed by atoms with E-state index in [9.17, 15) is 10.1 Å². The molecule has 0 aliphatic heterocycles. The summed E-state index contributed by atoms with van der Waals surface area (Å²) in [6.07, 6.45) is 6.25. The Labute approximate surface area is 137 Å². The minimum absolute atomic E-state index is 0.110. The Kier molecular flexibility index (Phi) is 6.38. The summed E-state index contributed by atoms with van der Waals surface area (Å²) in [4.78, 5) is 14.9. The van der Waals surface area contributed by atoms with Crippen LogP contribution in [0.2, 0.25) is 0 Å². The standard InChI is InChI=1S/C17H26N4O2/c1-13(2)19-17(20-15-6-4-3-5-7-15)18-12-14-8-10-16(11-9-14)21(22)23/h8-11,13,15H,3-7,12H2,1-2H3,(H2,18,19,20). The van der Waals surface area contributed by atoms with Crippen LogP contribution in [0, 0.1) is 10.1 Å². The fourth-order valence-electron chi connectivity index (χ4n) is 2.74. The van der Waals surface area contributed by atoms with Gasteiger partial charge in [0.1, 0.15) is 0 Å². The van der Waals surface area contributed by atoms with Gasteiger partial charge in [-0.15, -0.1) is 0 Å². The van der Waals surface area contributed by atoms with E-state index in [1.54, 1.807) is 12.1 Å². The highest BCUT2D eigenvalue weighted by atomic mass is 16.6. The average Bonchev–Trinajstić information content (AvgIpc) is 2.53. The summed E-state index contributed by atoms with van der Waals surface area (Å²) in [5.74, 6) is 0.824. The topological polar surface area (TPSA) is 79.6 Å². The van der Waals surface area contributed by atoms with Crippen LogP contribution in [0.3, 0.4) is 0 Å². The van der Waals surface area contributed by atoms with Gasteiger partial charge in [0.15, 0.2) is 5.96 Å². The number of non-ortho nitro benzene ring substituents is 1. The van der Waals surface area contributed by atoms with Crippen LogP contribution in [-0.4, -0.2) is 23.0 Å². The van der Waals surface area contributed by atoms with Crippen LogP contribution >= 0.6 is 0 Å². The van der Waals surface area contributed by atoms with E-state index in [2.05, 4.69) is 29.5 Å². The van der Waals surface area contributed by atoms with Crippen molar-refractivity contribution in [2.75, 3.05) is 0 Å². The highest BCUT2D eigenvalue weighted by Crippen LogP contribution is 2.17. The lowest BCUT2D eigenvalue weighted by molar-refractivity contribution is -0.384. The van der Waals surface area contributed by atoms with Gasteiger partial charge in [-0.05, 0) is 32.3 Å². The van der Waals surface area contributed by atoms with E-state index in [1.165, 1.54) is 44.2 Å². The summed E-state index contributed by atoms with van der Waals surface area (Å²) in [6, 6.07) is 7.36. The van der Waals surface area contributed by atoms with E-state index in [4.69, 9.17) is 0 Å². The first-order valence-electron chi connectivity index (χ1n) is 8.35. The van der Waals surface area contributed by atoms with Crippen molar-refractivity contribution in [2.45, 2.75) is 64.6 Å². The molecule has 1 saturated carbocycles. The smallest absolute Gasteiger partial charge is 0.269 e. The molecule has 0 radical (unpaired) electrons. The first-order valence-corrected chi connectivity index (χ1v) is 8.35. The highest BCUT2D eigenvalue weighted by Gasteiger charge is 2.15. The maximum atomic E-state index is 10.7. The molecule has 2 rings (SSSR count). The van der Waals surface area contributed by atoms with Gasteiger partial charge in [-0.25, -0.2) is 4.99 Å². The molecular weight excluding hydrogens is 292 g/mol. The molecule has 1 aliphatic carbocycles. The Morgan fingerprint density at radius 1 is 1.26 bits per heavy atom. The number of guanidine groups is 1. The predicted molar refractivity (Wildman–Crippen MR) is 92.5 cm³/mol. The quantitative estimate of drug-likeness (QED) is 0.377. The molecule has 0 spiro atoms. The first kappa shape index (κ1) is 17.2. The van der Waals surface area contributed by atoms with Gasteiger partial charge in [-0.3, -0.25) is 10.1 Å². The summed E-state index contributed by atoms with van der Waals surface area (Å²) >= 11 is 0. The molecule has 1 aromatic rings. The normalized spacial score (nSPS) is 16.4. The third kappa shape index (κ3) is 5.88. The van der Waals surface area contributed by atoms with Gasteiger partial charge in [0.05, 0.1) is 11.5 Å². The molecule has 23 heavy (non-hydrogen) atoms. The van der Waals surface area contributed by atoms with Crippen molar-refractivity contribution in [3.8, 4) is 0 Å². The van der Waals surface area contributed by atoms with Gasteiger partial charge >= 0.3 is 0 Å². The minimum Gasteiger partial charge on any atom is -0.354 e. The molecule has 0 heterocycles. The van der Waals surface area contributed by atoms with Crippen LogP contribution < -0.4 is 10.6 Å². The lowest BCUT2D eigenvalue weighted by Crippen LogP contribution is -2.46. The summed E-state index contributed by atoms with van der Waals surface area (Å²) in [7, 11) is 0. The zero-order chi connectivity index (χ0) is 16.7. The van der Waals surface area contributed by atoms with Gasteiger partial charge in [0, 0.05) is 24.2 Å². The number of nitrogens with zero attached hydrogens (tertiary/aromatic N) is 2. The number of hydrogen-bond donors (Lipinski definition) is 2. The highest BCUT2D eigenvalue weighted by molar-refractivity contribution is 5.80. The van der Waals surface area contributed by atoms with Gasteiger partial charge < -0.3 is 10.6 Å². The Morgan fingerprint density at radius 2 is 1.91 bits per heavy atom. The molecule has 1 aliphatic rings. The SMILES string of the molecule is CC(C)NC(=NCc1ccc([N+](=O)[O-])cc1)NC1CCCCC1. The molecule has 0 bridgehead atoms. The van der Waals surface area contributed by atoms with Crippen LogP contribution in [0.15, 0.2) is 29.3 Å². The molecule has 0 unspecified atom stereocenters. The molecule has 0 aromatic heterocycles. The van der Waals surface area contributed by atoms with Crippen molar-refractivity contribution in [1.29, 1.82) is 0 Å². The number of hydrogen-bond acceptors (Lipinski definition) is 3. The van der Waals surface area contributed by atoms with E-state index in [0.717, 1.165) is 11.5 Å². The van der Waals surface area contributed by atoms with Gasteiger partial charge in [-0.2, -0.15) is 0 Å². The first-order chi connectivity index (χ1) is 11.0. The molecule has 6 heteroatoms. The number of aliphatic imine (C=N–C) groups is 1. The molecule has 1 fully saturated rings. The van der Waals surface area contributed by atoms with Gasteiger partial charge in [0.25, 0.3) is 5.69 Å². The number of rotatable bonds is 5.